The van der Waals surface area contributed by atoms with Crippen LogP contribution < -0.4 is 5.32 Å². The first kappa shape index (κ1) is 13.0. The van der Waals surface area contributed by atoms with Crippen molar-refractivity contribution >= 4 is 9.84 Å². The highest BCUT2D eigenvalue weighted by molar-refractivity contribution is 7.92. The van der Waals surface area contributed by atoms with Gasteiger partial charge in [-0.25, -0.2) is 8.42 Å². The lowest BCUT2D eigenvalue weighted by Gasteiger charge is -2.46. The highest BCUT2D eigenvalue weighted by Crippen LogP contribution is 2.44. The number of hydrogen-bond donors (Lipinski definition) is 1. The summed E-state index contributed by atoms with van der Waals surface area (Å²) in [5.41, 5.74) is 0. The smallest absolute Gasteiger partial charge is 0.154 e. The topological polar surface area (TPSA) is 46.2 Å². The molecule has 0 aromatic rings. The maximum atomic E-state index is 11.8. The SMILES string of the molecule is CCCNCC1(S(C)(=O)=O)CC(CC)C1. The summed E-state index contributed by atoms with van der Waals surface area (Å²) in [5.74, 6) is 0.614. The lowest BCUT2D eigenvalue weighted by Crippen LogP contribution is -2.56. The van der Waals surface area contributed by atoms with Gasteiger partial charge in [-0.2, -0.15) is 0 Å². The van der Waals surface area contributed by atoms with Gasteiger partial charge in [0.25, 0.3) is 0 Å². The molecule has 0 aliphatic heterocycles. The van der Waals surface area contributed by atoms with Gasteiger partial charge < -0.3 is 5.32 Å². The second-order valence-electron chi connectivity index (χ2n) is 4.81. The number of nitrogens with one attached hydrogen (secondary N) is 1. The van der Waals surface area contributed by atoms with Crippen molar-refractivity contribution in [3.05, 3.63) is 0 Å². The zero-order valence-corrected chi connectivity index (χ0v) is 10.9. The minimum absolute atomic E-state index is 0.456. The molecule has 0 aromatic heterocycles. The molecule has 0 radical (unpaired) electrons. The summed E-state index contributed by atoms with van der Waals surface area (Å²) in [6.45, 7) is 5.77. The minimum atomic E-state index is -2.91. The van der Waals surface area contributed by atoms with E-state index in [1.165, 1.54) is 6.26 Å². The normalized spacial score (nSPS) is 31.3. The van der Waals surface area contributed by atoms with Gasteiger partial charge in [0, 0.05) is 12.8 Å². The Bertz CT molecular complexity index is 292. The Morgan fingerprint density at radius 3 is 2.33 bits per heavy atom. The van der Waals surface area contributed by atoms with E-state index in [1.54, 1.807) is 0 Å². The van der Waals surface area contributed by atoms with Crippen LogP contribution in [0.25, 0.3) is 0 Å². The van der Waals surface area contributed by atoms with Gasteiger partial charge in [-0.05, 0) is 31.7 Å². The summed E-state index contributed by atoms with van der Waals surface area (Å²) in [7, 11) is -2.91. The first-order chi connectivity index (χ1) is 6.95. The molecule has 0 atom stereocenters. The van der Waals surface area contributed by atoms with Gasteiger partial charge in [-0.15, -0.1) is 0 Å². The molecule has 0 unspecified atom stereocenters. The summed E-state index contributed by atoms with van der Waals surface area (Å²) >= 11 is 0. The van der Waals surface area contributed by atoms with Crippen molar-refractivity contribution in [3.8, 4) is 0 Å². The molecular weight excluding hydrogens is 210 g/mol. The molecule has 0 bridgehead atoms. The van der Waals surface area contributed by atoms with E-state index in [-0.39, 0.29) is 0 Å². The van der Waals surface area contributed by atoms with Crippen molar-refractivity contribution in [1.82, 2.24) is 5.32 Å². The van der Waals surface area contributed by atoms with Crippen LogP contribution >= 0.6 is 0 Å². The first-order valence-corrected chi connectivity index (χ1v) is 7.74. The summed E-state index contributed by atoms with van der Waals surface area (Å²) < 4.78 is 23.0. The maximum absolute atomic E-state index is 11.8. The van der Waals surface area contributed by atoms with E-state index in [9.17, 15) is 8.42 Å². The van der Waals surface area contributed by atoms with Gasteiger partial charge in [0.15, 0.2) is 9.84 Å². The molecule has 0 heterocycles. The molecule has 4 heteroatoms. The fraction of sp³-hybridized carbons (Fsp3) is 1.00. The third kappa shape index (κ3) is 2.72. The summed E-state index contributed by atoms with van der Waals surface area (Å²) in [5, 5.41) is 3.25. The molecule has 0 aromatic carbocycles. The Morgan fingerprint density at radius 2 is 1.93 bits per heavy atom. The van der Waals surface area contributed by atoms with E-state index < -0.39 is 14.6 Å². The van der Waals surface area contributed by atoms with Gasteiger partial charge in [0.05, 0.1) is 4.75 Å². The Labute approximate surface area is 93.6 Å². The van der Waals surface area contributed by atoms with Crippen LogP contribution in [0.15, 0.2) is 0 Å². The predicted octanol–water partition coefficient (Wildman–Crippen LogP) is 1.59. The van der Waals surface area contributed by atoms with E-state index in [2.05, 4.69) is 19.2 Å². The molecule has 1 saturated carbocycles. The molecule has 1 rings (SSSR count). The lowest BCUT2D eigenvalue weighted by atomic mass is 9.72. The molecule has 15 heavy (non-hydrogen) atoms. The fourth-order valence-corrected chi connectivity index (χ4v) is 3.79. The highest BCUT2D eigenvalue weighted by Gasteiger charge is 2.50. The monoisotopic (exact) mass is 233 g/mol. The third-order valence-electron chi connectivity index (χ3n) is 3.56. The summed E-state index contributed by atoms with van der Waals surface area (Å²) in [6.07, 6.45) is 5.23. The van der Waals surface area contributed by atoms with Gasteiger partial charge in [0.2, 0.25) is 0 Å². The van der Waals surface area contributed by atoms with Crippen LogP contribution in [-0.2, 0) is 9.84 Å². The van der Waals surface area contributed by atoms with E-state index in [0.29, 0.717) is 12.5 Å². The van der Waals surface area contributed by atoms with E-state index in [1.807, 2.05) is 0 Å². The Morgan fingerprint density at radius 1 is 1.33 bits per heavy atom. The largest absolute Gasteiger partial charge is 0.315 e. The first-order valence-electron chi connectivity index (χ1n) is 5.85. The molecule has 3 nitrogen and oxygen atoms in total. The molecule has 90 valence electrons. The van der Waals surface area contributed by atoms with E-state index >= 15 is 0 Å². The molecule has 1 aliphatic rings. The van der Waals surface area contributed by atoms with Crippen molar-refractivity contribution < 1.29 is 8.42 Å². The van der Waals surface area contributed by atoms with Gasteiger partial charge in [-0.3, -0.25) is 0 Å². The molecule has 1 fully saturated rings. The van der Waals surface area contributed by atoms with Gasteiger partial charge in [0.1, 0.15) is 0 Å². The Balaban J connectivity index is 2.57. The average molecular weight is 233 g/mol. The Hall–Kier alpha value is -0.0900. The van der Waals surface area contributed by atoms with Crippen LogP contribution in [0.2, 0.25) is 0 Å². The van der Waals surface area contributed by atoms with E-state index in [4.69, 9.17) is 0 Å². The zero-order valence-electron chi connectivity index (χ0n) is 10.0. The third-order valence-corrected chi connectivity index (χ3v) is 5.61. The molecular formula is C11H23NO2S. The predicted molar refractivity (Wildman–Crippen MR) is 63.8 cm³/mol. The molecule has 1 N–H and O–H groups in total. The van der Waals surface area contributed by atoms with Crippen LogP contribution in [0.4, 0.5) is 0 Å². The van der Waals surface area contributed by atoms with Gasteiger partial charge >= 0.3 is 0 Å². The standard InChI is InChI=1S/C11H23NO2S/c1-4-6-12-9-11(15(3,13)14)7-10(5-2)8-11/h10,12H,4-9H2,1-3H3. The van der Waals surface area contributed by atoms with Crippen molar-refractivity contribution in [2.75, 3.05) is 19.3 Å². The van der Waals surface area contributed by atoms with Crippen molar-refractivity contribution in [3.63, 3.8) is 0 Å². The van der Waals surface area contributed by atoms with Crippen LogP contribution in [0, 0.1) is 5.92 Å². The maximum Gasteiger partial charge on any atom is 0.154 e. The summed E-state index contributed by atoms with van der Waals surface area (Å²) in [6, 6.07) is 0. The fourth-order valence-electron chi connectivity index (χ4n) is 2.35. The van der Waals surface area contributed by atoms with E-state index in [0.717, 1.165) is 32.2 Å². The lowest BCUT2D eigenvalue weighted by molar-refractivity contribution is 0.206. The summed E-state index contributed by atoms with van der Waals surface area (Å²) in [4.78, 5) is 0. The van der Waals surface area contributed by atoms with Crippen molar-refractivity contribution in [2.24, 2.45) is 5.92 Å². The minimum Gasteiger partial charge on any atom is -0.315 e. The molecule has 1 aliphatic carbocycles. The zero-order chi connectivity index (χ0) is 11.5. The van der Waals surface area contributed by atoms with Crippen LogP contribution in [0.5, 0.6) is 0 Å². The van der Waals surface area contributed by atoms with Crippen molar-refractivity contribution in [2.45, 2.75) is 44.3 Å². The molecule has 0 saturated heterocycles. The van der Waals surface area contributed by atoms with Crippen LogP contribution in [0.3, 0.4) is 0 Å². The molecule has 0 amide bonds. The van der Waals surface area contributed by atoms with Crippen LogP contribution in [0.1, 0.15) is 39.5 Å². The Kier molecular flexibility index (Phi) is 4.18. The number of hydrogen-bond acceptors (Lipinski definition) is 3. The van der Waals surface area contributed by atoms with Crippen molar-refractivity contribution in [1.29, 1.82) is 0 Å². The van der Waals surface area contributed by atoms with Crippen LogP contribution in [-0.4, -0.2) is 32.5 Å². The second-order valence-corrected chi connectivity index (χ2v) is 7.22. The highest BCUT2D eigenvalue weighted by atomic mass is 32.2. The quantitative estimate of drug-likeness (QED) is 0.709. The number of rotatable bonds is 6. The second kappa shape index (κ2) is 4.83. The number of sulfone groups is 1. The molecule has 0 spiro atoms. The average Bonchev–Trinajstić information content (AvgIpc) is 2.07. The van der Waals surface area contributed by atoms with Gasteiger partial charge in [-0.1, -0.05) is 20.3 Å².